The van der Waals surface area contributed by atoms with Gasteiger partial charge in [-0.1, -0.05) is 48.0 Å². The molecule has 1 atom stereocenters. The fraction of sp³-hybridized carbons (Fsp3) is 0.435. The van der Waals surface area contributed by atoms with Gasteiger partial charge in [-0.05, 0) is 43.9 Å². The molecule has 1 N–H and O–H groups in total. The number of fused-ring (bicyclic) bond motifs is 1. The lowest BCUT2D eigenvalue weighted by atomic mass is 10.1. The minimum absolute atomic E-state index is 0.171. The molecule has 162 valence electrons. The Kier molecular flexibility index (Phi) is 7.15. The SMILES string of the molecule is Cc1ccc(CN(CC(=O)NCCCN2c3ccccc3C[C@H]2C)S(C)(=O)=O)cc1. The molecule has 6 nitrogen and oxygen atoms in total. The molecular formula is C23H31N3O3S. The Balaban J connectivity index is 1.48. The standard InChI is InChI=1S/C23H31N3O3S/c1-18-9-11-20(12-10-18)16-25(30(3,28)29)17-23(27)24-13-6-14-26-19(2)15-21-7-4-5-8-22(21)26/h4-5,7-12,19H,6,13-17H2,1-3H3,(H,24,27)/t19-/m1/s1. The normalized spacial score (nSPS) is 16.0. The third-order valence-corrected chi connectivity index (χ3v) is 6.71. The monoisotopic (exact) mass is 429 g/mol. The van der Waals surface area contributed by atoms with E-state index in [1.165, 1.54) is 15.6 Å². The van der Waals surface area contributed by atoms with Gasteiger partial charge < -0.3 is 10.2 Å². The van der Waals surface area contributed by atoms with Crippen molar-refractivity contribution in [3.05, 3.63) is 65.2 Å². The molecule has 0 aliphatic carbocycles. The largest absolute Gasteiger partial charge is 0.368 e. The summed E-state index contributed by atoms with van der Waals surface area (Å²) in [5.41, 5.74) is 4.62. The van der Waals surface area contributed by atoms with Crippen LogP contribution in [0.25, 0.3) is 0 Å². The van der Waals surface area contributed by atoms with Gasteiger partial charge in [0.05, 0.1) is 12.8 Å². The van der Waals surface area contributed by atoms with Crippen LogP contribution in [0.2, 0.25) is 0 Å². The summed E-state index contributed by atoms with van der Waals surface area (Å²) < 4.78 is 25.5. The third-order valence-electron chi connectivity index (χ3n) is 5.51. The number of anilines is 1. The van der Waals surface area contributed by atoms with Gasteiger partial charge in [0.25, 0.3) is 0 Å². The fourth-order valence-corrected chi connectivity index (χ4v) is 4.59. The van der Waals surface area contributed by atoms with E-state index in [0.717, 1.165) is 36.8 Å². The Labute approximate surface area is 179 Å². The van der Waals surface area contributed by atoms with Gasteiger partial charge in [-0.3, -0.25) is 4.79 Å². The van der Waals surface area contributed by atoms with Crippen LogP contribution in [0.15, 0.2) is 48.5 Å². The second kappa shape index (κ2) is 9.62. The maximum absolute atomic E-state index is 12.4. The second-order valence-electron chi connectivity index (χ2n) is 8.10. The number of hydrogen-bond donors (Lipinski definition) is 1. The van der Waals surface area contributed by atoms with Crippen molar-refractivity contribution >= 4 is 21.6 Å². The third kappa shape index (κ3) is 5.83. The van der Waals surface area contributed by atoms with Crippen LogP contribution in [0.3, 0.4) is 0 Å². The van der Waals surface area contributed by atoms with Crippen molar-refractivity contribution in [2.24, 2.45) is 0 Å². The summed E-state index contributed by atoms with van der Waals surface area (Å²) >= 11 is 0. The molecule has 0 aromatic heterocycles. The van der Waals surface area contributed by atoms with Gasteiger partial charge in [-0.2, -0.15) is 4.31 Å². The molecule has 0 saturated carbocycles. The van der Waals surface area contributed by atoms with Crippen molar-refractivity contribution in [2.75, 3.05) is 30.8 Å². The Morgan fingerprint density at radius 3 is 2.57 bits per heavy atom. The number of carbonyl (C=O) groups is 1. The van der Waals surface area contributed by atoms with E-state index in [1.807, 2.05) is 31.2 Å². The minimum atomic E-state index is -3.49. The van der Waals surface area contributed by atoms with E-state index in [1.54, 1.807) is 0 Å². The van der Waals surface area contributed by atoms with Crippen molar-refractivity contribution in [3.8, 4) is 0 Å². The number of benzene rings is 2. The summed E-state index contributed by atoms with van der Waals surface area (Å²) in [4.78, 5) is 14.7. The highest BCUT2D eigenvalue weighted by atomic mass is 32.2. The van der Waals surface area contributed by atoms with E-state index in [-0.39, 0.29) is 19.0 Å². The van der Waals surface area contributed by atoms with E-state index in [0.29, 0.717) is 12.6 Å². The Hall–Kier alpha value is -2.38. The molecule has 0 saturated heterocycles. The average molecular weight is 430 g/mol. The van der Waals surface area contributed by atoms with Crippen LogP contribution in [0.1, 0.15) is 30.0 Å². The Bertz CT molecular complexity index is 973. The molecule has 1 aliphatic heterocycles. The summed E-state index contributed by atoms with van der Waals surface area (Å²) in [6.07, 6.45) is 2.99. The first-order valence-corrected chi connectivity index (χ1v) is 12.2. The molecule has 1 heterocycles. The highest BCUT2D eigenvalue weighted by molar-refractivity contribution is 7.88. The van der Waals surface area contributed by atoms with Gasteiger partial charge >= 0.3 is 0 Å². The quantitative estimate of drug-likeness (QED) is 0.623. The highest BCUT2D eigenvalue weighted by Gasteiger charge is 2.25. The number of amides is 1. The number of nitrogens with zero attached hydrogens (tertiary/aromatic N) is 2. The first-order chi connectivity index (χ1) is 14.2. The van der Waals surface area contributed by atoms with Gasteiger partial charge in [-0.25, -0.2) is 8.42 Å². The zero-order valence-electron chi connectivity index (χ0n) is 18.0. The van der Waals surface area contributed by atoms with Crippen LogP contribution in [-0.2, 0) is 27.8 Å². The number of sulfonamides is 1. The molecular weight excluding hydrogens is 398 g/mol. The maximum Gasteiger partial charge on any atom is 0.235 e. The van der Waals surface area contributed by atoms with Crippen molar-refractivity contribution in [1.82, 2.24) is 9.62 Å². The van der Waals surface area contributed by atoms with Gasteiger partial charge in [0.1, 0.15) is 0 Å². The van der Waals surface area contributed by atoms with Crippen molar-refractivity contribution < 1.29 is 13.2 Å². The summed E-state index contributed by atoms with van der Waals surface area (Å²) in [6.45, 7) is 5.59. The van der Waals surface area contributed by atoms with Crippen molar-refractivity contribution in [2.45, 2.75) is 39.3 Å². The van der Waals surface area contributed by atoms with Crippen molar-refractivity contribution in [1.29, 1.82) is 0 Å². The smallest absolute Gasteiger partial charge is 0.235 e. The summed E-state index contributed by atoms with van der Waals surface area (Å²) in [5.74, 6) is -0.276. The van der Waals surface area contributed by atoms with Crippen LogP contribution >= 0.6 is 0 Å². The van der Waals surface area contributed by atoms with Crippen molar-refractivity contribution in [3.63, 3.8) is 0 Å². The van der Waals surface area contributed by atoms with E-state index >= 15 is 0 Å². The molecule has 2 aromatic carbocycles. The number of carbonyl (C=O) groups excluding carboxylic acids is 1. The summed E-state index contributed by atoms with van der Waals surface area (Å²) in [5, 5.41) is 2.87. The molecule has 1 aliphatic rings. The molecule has 0 bridgehead atoms. The molecule has 0 unspecified atom stereocenters. The summed E-state index contributed by atoms with van der Waals surface area (Å²) in [7, 11) is -3.49. The fourth-order valence-electron chi connectivity index (χ4n) is 3.85. The van der Waals surface area contributed by atoms with E-state index in [9.17, 15) is 13.2 Å². The van der Waals surface area contributed by atoms with Crippen LogP contribution in [0, 0.1) is 6.92 Å². The molecule has 30 heavy (non-hydrogen) atoms. The predicted octanol–water partition coefficient (Wildman–Crippen LogP) is 2.71. The molecule has 3 rings (SSSR count). The van der Waals surface area contributed by atoms with Crippen LogP contribution < -0.4 is 10.2 Å². The van der Waals surface area contributed by atoms with Crippen LogP contribution in [0.4, 0.5) is 5.69 Å². The maximum atomic E-state index is 12.4. The van der Waals surface area contributed by atoms with Gasteiger partial charge in [0.2, 0.25) is 15.9 Å². The number of nitrogens with one attached hydrogen (secondary N) is 1. The molecule has 7 heteroatoms. The Morgan fingerprint density at radius 1 is 1.17 bits per heavy atom. The van der Waals surface area contributed by atoms with Gasteiger partial charge in [0.15, 0.2) is 0 Å². The number of rotatable bonds is 9. The zero-order chi connectivity index (χ0) is 21.7. The first-order valence-electron chi connectivity index (χ1n) is 10.4. The lowest BCUT2D eigenvalue weighted by Crippen LogP contribution is -2.40. The van der Waals surface area contributed by atoms with E-state index < -0.39 is 10.0 Å². The lowest BCUT2D eigenvalue weighted by Gasteiger charge is -2.25. The van der Waals surface area contributed by atoms with Crippen LogP contribution in [-0.4, -0.2) is 50.6 Å². The van der Waals surface area contributed by atoms with E-state index in [4.69, 9.17) is 0 Å². The predicted molar refractivity (Wildman–Crippen MR) is 121 cm³/mol. The number of aryl methyl sites for hydroxylation is 1. The number of para-hydroxylation sites is 1. The second-order valence-corrected chi connectivity index (χ2v) is 10.1. The topological polar surface area (TPSA) is 69.7 Å². The van der Waals surface area contributed by atoms with Gasteiger partial charge in [-0.15, -0.1) is 0 Å². The highest BCUT2D eigenvalue weighted by Crippen LogP contribution is 2.31. The van der Waals surface area contributed by atoms with Crippen LogP contribution in [0.5, 0.6) is 0 Å². The summed E-state index contributed by atoms with van der Waals surface area (Å²) in [6, 6.07) is 16.5. The first kappa shape index (κ1) is 22.3. The molecule has 0 fully saturated rings. The average Bonchev–Trinajstić information content (AvgIpc) is 3.01. The minimum Gasteiger partial charge on any atom is -0.368 e. The van der Waals surface area contributed by atoms with E-state index in [2.05, 4.69) is 41.4 Å². The lowest BCUT2D eigenvalue weighted by molar-refractivity contribution is -0.121. The molecule has 2 aromatic rings. The number of hydrogen-bond acceptors (Lipinski definition) is 4. The Morgan fingerprint density at radius 2 is 1.87 bits per heavy atom. The molecule has 1 amide bonds. The molecule has 0 radical (unpaired) electrons. The zero-order valence-corrected chi connectivity index (χ0v) is 18.8. The molecule has 0 spiro atoms. The van der Waals surface area contributed by atoms with Gasteiger partial charge in [0, 0.05) is 31.4 Å².